The summed E-state index contributed by atoms with van der Waals surface area (Å²) in [5, 5.41) is 10.4. The maximum absolute atomic E-state index is 11.2. The minimum atomic E-state index is -0.828. The molecular weight excluding hydrogens is 266 g/mol. The molecule has 1 amide bonds. The van der Waals surface area contributed by atoms with Gasteiger partial charge in [0.25, 0.3) is 0 Å². The molecule has 0 atom stereocenters. The first-order valence-electron chi connectivity index (χ1n) is 7.58. The van der Waals surface area contributed by atoms with E-state index in [2.05, 4.69) is 28.1 Å². The number of aromatic nitrogens is 1. The zero-order valence-electron chi connectivity index (χ0n) is 11.9. The van der Waals surface area contributed by atoms with E-state index >= 15 is 0 Å². The van der Waals surface area contributed by atoms with Crippen LogP contribution in [0.25, 0.3) is 10.9 Å². The summed E-state index contributed by atoms with van der Waals surface area (Å²) < 4.78 is 0. The zero-order chi connectivity index (χ0) is 14.4. The van der Waals surface area contributed by atoms with E-state index in [9.17, 15) is 9.90 Å². The molecule has 0 spiro atoms. The molecule has 0 bridgehead atoms. The quantitative estimate of drug-likeness (QED) is 0.847. The Bertz CT molecular complexity index is 701. The van der Waals surface area contributed by atoms with Crippen LogP contribution in [0.3, 0.4) is 0 Å². The lowest BCUT2D eigenvalue weighted by atomic mass is 10.0. The van der Waals surface area contributed by atoms with Crippen molar-refractivity contribution in [2.45, 2.75) is 25.8 Å². The van der Waals surface area contributed by atoms with Crippen LogP contribution in [-0.4, -0.2) is 40.7 Å². The van der Waals surface area contributed by atoms with Crippen molar-refractivity contribution in [2.75, 3.05) is 24.5 Å². The maximum Gasteiger partial charge on any atom is 0.407 e. The normalized spacial score (nSPS) is 18.3. The van der Waals surface area contributed by atoms with Crippen molar-refractivity contribution in [1.29, 1.82) is 0 Å². The summed E-state index contributed by atoms with van der Waals surface area (Å²) in [5.74, 6) is 0. The number of benzene rings is 1. The molecule has 3 heterocycles. The topological polar surface area (TPSA) is 59.6 Å². The zero-order valence-corrected chi connectivity index (χ0v) is 11.9. The van der Waals surface area contributed by atoms with Gasteiger partial charge in [0.2, 0.25) is 0 Å². The average Bonchev–Trinajstić information content (AvgIpc) is 3.13. The molecule has 4 rings (SSSR count). The molecule has 5 heteroatoms. The van der Waals surface area contributed by atoms with E-state index in [1.807, 2.05) is 0 Å². The second-order valence-electron chi connectivity index (χ2n) is 5.96. The number of nitrogens with zero attached hydrogens (tertiary/aromatic N) is 2. The van der Waals surface area contributed by atoms with E-state index in [1.165, 1.54) is 34.5 Å². The van der Waals surface area contributed by atoms with Crippen LogP contribution >= 0.6 is 0 Å². The highest BCUT2D eigenvalue weighted by Gasteiger charge is 2.24. The fraction of sp³-hybridized carbons (Fsp3) is 0.438. The van der Waals surface area contributed by atoms with Gasteiger partial charge >= 0.3 is 6.09 Å². The lowest BCUT2D eigenvalue weighted by Crippen LogP contribution is -2.34. The highest BCUT2D eigenvalue weighted by Crippen LogP contribution is 2.31. The third-order valence-electron chi connectivity index (χ3n) is 4.70. The van der Waals surface area contributed by atoms with E-state index in [1.54, 1.807) is 0 Å². The first-order valence-corrected chi connectivity index (χ1v) is 7.58. The van der Waals surface area contributed by atoms with Gasteiger partial charge in [0.15, 0.2) is 0 Å². The molecule has 2 aliphatic rings. The van der Waals surface area contributed by atoms with E-state index in [0.717, 1.165) is 30.6 Å². The summed E-state index contributed by atoms with van der Waals surface area (Å²) in [6.07, 6.45) is 2.47. The molecule has 1 saturated heterocycles. The van der Waals surface area contributed by atoms with E-state index in [-0.39, 0.29) is 0 Å². The summed E-state index contributed by atoms with van der Waals surface area (Å²) >= 11 is 0. The van der Waals surface area contributed by atoms with Crippen LogP contribution in [0.1, 0.15) is 24.1 Å². The van der Waals surface area contributed by atoms with E-state index in [4.69, 9.17) is 0 Å². The molecule has 0 saturated carbocycles. The van der Waals surface area contributed by atoms with Crippen LogP contribution in [0, 0.1) is 0 Å². The molecule has 0 unspecified atom stereocenters. The molecule has 2 N–H and O–H groups in total. The number of anilines is 1. The van der Waals surface area contributed by atoms with Gasteiger partial charge in [-0.25, -0.2) is 4.79 Å². The minimum Gasteiger partial charge on any atom is -0.465 e. The van der Waals surface area contributed by atoms with Gasteiger partial charge in [0, 0.05) is 53.9 Å². The van der Waals surface area contributed by atoms with E-state index in [0.29, 0.717) is 13.1 Å². The Labute approximate surface area is 123 Å². The Balaban J connectivity index is 1.76. The maximum atomic E-state index is 11.2. The van der Waals surface area contributed by atoms with E-state index < -0.39 is 6.09 Å². The molecule has 110 valence electrons. The number of carboxylic acid groups (broad SMARTS) is 1. The van der Waals surface area contributed by atoms with Crippen molar-refractivity contribution >= 4 is 22.7 Å². The monoisotopic (exact) mass is 285 g/mol. The highest BCUT2D eigenvalue weighted by molar-refractivity contribution is 5.88. The largest absolute Gasteiger partial charge is 0.465 e. The molecule has 1 aromatic carbocycles. The van der Waals surface area contributed by atoms with Gasteiger partial charge in [-0.2, -0.15) is 0 Å². The number of H-pyrrole nitrogens is 1. The molecule has 5 nitrogen and oxygen atoms in total. The predicted octanol–water partition coefficient (Wildman–Crippen LogP) is 2.80. The molecular formula is C16H19N3O2. The fourth-order valence-corrected chi connectivity index (χ4v) is 3.54. The van der Waals surface area contributed by atoms with Crippen LogP contribution in [0.4, 0.5) is 10.5 Å². The van der Waals surface area contributed by atoms with Crippen molar-refractivity contribution in [3.63, 3.8) is 0 Å². The Morgan fingerprint density at radius 3 is 2.76 bits per heavy atom. The van der Waals surface area contributed by atoms with Gasteiger partial charge in [0.05, 0.1) is 6.54 Å². The van der Waals surface area contributed by atoms with Crippen molar-refractivity contribution < 1.29 is 9.90 Å². The van der Waals surface area contributed by atoms with Gasteiger partial charge in [-0.15, -0.1) is 0 Å². The minimum absolute atomic E-state index is 0.494. The van der Waals surface area contributed by atoms with Crippen molar-refractivity contribution in [3.8, 4) is 0 Å². The summed E-state index contributed by atoms with van der Waals surface area (Å²) in [5.41, 5.74) is 4.73. The number of amides is 1. The second kappa shape index (κ2) is 4.69. The highest BCUT2D eigenvalue weighted by atomic mass is 16.4. The van der Waals surface area contributed by atoms with Crippen LogP contribution in [0.5, 0.6) is 0 Å². The summed E-state index contributed by atoms with van der Waals surface area (Å²) in [4.78, 5) is 18.6. The molecule has 0 aliphatic carbocycles. The SMILES string of the molecule is O=C(O)N1CCc2[nH]c3ccc(N4CCCC4)cc3c2C1. The van der Waals surface area contributed by atoms with Crippen LogP contribution in [-0.2, 0) is 13.0 Å². The summed E-state index contributed by atoms with van der Waals surface area (Å²) in [6, 6.07) is 6.53. The standard InChI is InChI=1S/C16H19N3O2/c20-16(21)19-8-5-15-13(10-19)12-9-11(3-4-14(12)17-15)18-6-1-2-7-18/h3-4,9,17H,1-2,5-8,10H2,(H,20,21). The summed E-state index contributed by atoms with van der Waals surface area (Å²) in [7, 11) is 0. The smallest absolute Gasteiger partial charge is 0.407 e. The lowest BCUT2D eigenvalue weighted by molar-refractivity contribution is 0.140. The Morgan fingerprint density at radius 1 is 1.19 bits per heavy atom. The number of rotatable bonds is 1. The van der Waals surface area contributed by atoms with Crippen LogP contribution in [0.2, 0.25) is 0 Å². The van der Waals surface area contributed by atoms with Crippen molar-refractivity contribution in [1.82, 2.24) is 9.88 Å². The first kappa shape index (κ1) is 12.6. The Hall–Kier alpha value is -2.17. The average molecular weight is 285 g/mol. The predicted molar refractivity (Wildman–Crippen MR) is 81.9 cm³/mol. The molecule has 2 aliphatic heterocycles. The molecule has 1 fully saturated rings. The van der Waals surface area contributed by atoms with Gasteiger partial charge in [-0.1, -0.05) is 0 Å². The third-order valence-corrected chi connectivity index (χ3v) is 4.70. The molecule has 21 heavy (non-hydrogen) atoms. The van der Waals surface area contributed by atoms with Crippen molar-refractivity contribution in [2.24, 2.45) is 0 Å². The van der Waals surface area contributed by atoms with Crippen LogP contribution in [0.15, 0.2) is 18.2 Å². The Morgan fingerprint density at radius 2 is 2.00 bits per heavy atom. The van der Waals surface area contributed by atoms with Crippen molar-refractivity contribution in [3.05, 3.63) is 29.5 Å². The van der Waals surface area contributed by atoms with Gasteiger partial charge in [0.1, 0.15) is 0 Å². The second-order valence-corrected chi connectivity index (χ2v) is 5.96. The number of fused-ring (bicyclic) bond motifs is 3. The lowest BCUT2D eigenvalue weighted by Gasteiger charge is -2.24. The first-order chi connectivity index (χ1) is 10.2. The number of hydrogen-bond donors (Lipinski definition) is 2. The summed E-state index contributed by atoms with van der Waals surface area (Å²) in [6.45, 7) is 3.32. The number of hydrogen-bond acceptors (Lipinski definition) is 2. The number of nitrogens with one attached hydrogen (secondary N) is 1. The third kappa shape index (κ3) is 2.04. The van der Waals surface area contributed by atoms with Gasteiger partial charge in [-0.05, 0) is 31.0 Å². The molecule has 0 radical (unpaired) electrons. The Kier molecular flexibility index (Phi) is 2.80. The molecule has 1 aromatic heterocycles. The molecule has 2 aromatic rings. The van der Waals surface area contributed by atoms with Crippen LogP contribution < -0.4 is 4.90 Å². The van der Waals surface area contributed by atoms with Gasteiger partial charge in [-0.3, -0.25) is 0 Å². The fourth-order valence-electron chi connectivity index (χ4n) is 3.54. The van der Waals surface area contributed by atoms with Gasteiger partial charge < -0.3 is 19.9 Å². The number of aromatic amines is 1. The number of carbonyl (C=O) groups is 1.